The molecule has 0 aromatic heterocycles. The first-order valence-corrected chi connectivity index (χ1v) is 7.93. The molecule has 0 saturated carbocycles. The third kappa shape index (κ3) is 5.38. The highest BCUT2D eigenvalue weighted by molar-refractivity contribution is 7.85. The smallest absolute Gasteiger partial charge is 0.237 e. The first kappa shape index (κ1) is 16.3. The Bertz CT molecular complexity index is 483. The Hall–Kier alpha value is -0.780. The number of anilines is 2. The average molecular weight is 323 g/mol. The summed E-state index contributed by atoms with van der Waals surface area (Å²) in [5, 5.41) is 3.07. The number of carbonyl (C=O) groups excluding carboxylic acids is 1. The van der Waals surface area contributed by atoms with Gasteiger partial charge in [-0.15, -0.1) is 0 Å². The molecule has 0 aliphatic rings. The largest absolute Gasteiger partial charge is 0.399 e. The van der Waals surface area contributed by atoms with E-state index in [0.29, 0.717) is 17.1 Å². The van der Waals surface area contributed by atoms with Crippen molar-refractivity contribution in [3.8, 4) is 0 Å². The van der Waals surface area contributed by atoms with Crippen LogP contribution in [0.2, 0.25) is 10.0 Å². The van der Waals surface area contributed by atoms with E-state index in [2.05, 4.69) is 5.32 Å². The summed E-state index contributed by atoms with van der Waals surface area (Å²) >= 11 is 11.9. The number of rotatable bonds is 5. The SMILES string of the molecule is CC(C)CS(=O)CC(=O)Nc1c(Cl)cc(N)cc1Cl. The molecule has 1 aromatic rings. The molecule has 106 valence electrons. The van der Waals surface area contributed by atoms with Crippen molar-refractivity contribution < 1.29 is 9.00 Å². The summed E-state index contributed by atoms with van der Waals surface area (Å²) in [7, 11) is -1.19. The summed E-state index contributed by atoms with van der Waals surface area (Å²) in [6, 6.07) is 2.99. The van der Waals surface area contributed by atoms with Crippen LogP contribution in [0.4, 0.5) is 11.4 Å². The molecule has 1 atom stereocenters. The molecule has 0 bridgehead atoms. The van der Waals surface area contributed by atoms with Crippen molar-refractivity contribution in [2.45, 2.75) is 13.8 Å². The minimum absolute atomic E-state index is 0.0742. The van der Waals surface area contributed by atoms with Gasteiger partial charge in [-0.25, -0.2) is 0 Å². The molecule has 0 saturated heterocycles. The van der Waals surface area contributed by atoms with Gasteiger partial charge < -0.3 is 11.1 Å². The second kappa shape index (κ2) is 7.12. The van der Waals surface area contributed by atoms with Gasteiger partial charge in [0.25, 0.3) is 0 Å². The van der Waals surface area contributed by atoms with Gasteiger partial charge in [0, 0.05) is 22.2 Å². The molecule has 1 aromatic carbocycles. The van der Waals surface area contributed by atoms with Gasteiger partial charge in [0.1, 0.15) is 5.75 Å². The van der Waals surface area contributed by atoms with Crippen molar-refractivity contribution in [2.24, 2.45) is 5.92 Å². The fourth-order valence-corrected chi connectivity index (χ4v) is 3.29. The van der Waals surface area contributed by atoms with Crippen molar-refractivity contribution >= 4 is 51.3 Å². The van der Waals surface area contributed by atoms with Gasteiger partial charge in [0.05, 0.1) is 15.7 Å². The summed E-state index contributed by atoms with van der Waals surface area (Å²) in [4.78, 5) is 11.7. The van der Waals surface area contributed by atoms with Crippen molar-refractivity contribution in [3.63, 3.8) is 0 Å². The zero-order valence-electron chi connectivity index (χ0n) is 10.7. The molecule has 3 N–H and O–H groups in total. The monoisotopic (exact) mass is 322 g/mol. The molecule has 19 heavy (non-hydrogen) atoms. The normalized spacial score (nSPS) is 12.5. The highest BCUT2D eigenvalue weighted by atomic mass is 35.5. The molecular weight excluding hydrogens is 307 g/mol. The fraction of sp³-hybridized carbons (Fsp3) is 0.417. The molecule has 0 aliphatic carbocycles. The van der Waals surface area contributed by atoms with Crippen molar-refractivity contribution in [1.82, 2.24) is 0 Å². The Morgan fingerprint density at radius 2 is 1.89 bits per heavy atom. The first-order valence-electron chi connectivity index (χ1n) is 5.69. The van der Waals surface area contributed by atoms with E-state index in [0.717, 1.165) is 0 Å². The fourth-order valence-electron chi connectivity index (χ4n) is 1.46. The maximum Gasteiger partial charge on any atom is 0.237 e. The van der Waals surface area contributed by atoms with Crippen molar-refractivity contribution in [2.75, 3.05) is 22.6 Å². The zero-order valence-corrected chi connectivity index (χ0v) is 13.0. The van der Waals surface area contributed by atoms with Gasteiger partial charge in [0.15, 0.2) is 0 Å². The van der Waals surface area contributed by atoms with Crippen LogP contribution in [-0.4, -0.2) is 21.6 Å². The quantitative estimate of drug-likeness (QED) is 0.818. The summed E-state index contributed by atoms with van der Waals surface area (Å²) in [5.74, 6) is 0.302. The lowest BCUT2D eigenvalue weighted by molar-refractivity contribution is -0.113. The number of halogens is 2. The highest BCUT2D eigenvalue weighted by Gasteiger charge is 2.14. The van der Waals surface area contributed by atoms with Crippen LogP contribution in [0.1, 0.15) is 13.8 Å². The van der Waals surface area contributed by atoms with E-state index in [1.807, 2.05) is 13.8 Å². The number of nitrogens with one attached hydrogen (secondary N) is 1. The van der Waals surface area contributed by atoms with Gasteiger partial charge in [-0.3, -0.25) is 9.00 Å². The Balaban J connectivity index is 2.70. The molecule has 4 nitrogen and oxygen atoms in total. The summed E-state index contributed by atoms with van der Waals surface area (Å²) in [5.41, 5.74) is 6.27. The van der Waals surface area contributed by atoms with Crippen LogP contribution in [0.25, 0.3) is 0 Å². The molecule has 0 radical (unpaired) electrons. The van der Waals surface area contributed by atoms with Crippen LogP contribution in [0.5, 0.6) is 0 Å². The first-order chi connectivity index (χ1) is 8.79. The van der Waals surface area contributed by atoms with Gasteiger partial charge in [-0.05, 0) is 18.1 Å². The Kier molecular flexibility index (Phi) is 6.10. The summed E-state index contributed by atoms with van der Waals surface area (Å²) in [6.07, 6.45) is 0. The van der Waals surface area contributed by atoms with Gasteiger partial charge in [0.2, 0.25) is 5.91 Å². The number of carbonyl (C=O) groups is 1. The minimum Gasteiger partial charge on any atom is -0.399 e. The van der Waals surface area contributed by atoms with Crippen molar-refractivity contribution in [1.29, 1.82) is 0 Å². The van der Waals surface area contributed by atoms with E-state index in [-0.39, 0.29) is 27.6 Å². The van der Waals surface area contributed by atoms with Crippen LogP contribution in [0.15, 0.2) is 12.1 Å². The second-order valence-corrected chi connectivity index (χ2v) is 6.87. The maximum absolute atomic E-state index is 11.7. The predicted molar refractivity (Wildman–Crippen MR) is 82.2 cm³/mol. The summed E-state index contributed by atoms with van der Waals surface area (Å²) in [6.45, 7) is 3.90. The molecule has 1 rings (SSSR count). The average Bonchev–Trinajstić information content (AvgIpc) is 2.21. The number of nitrogen functional groups attached to an aromatic ring is 1. The maximum atomic E-state index is 11.7. The standard InChI is InChI=1S/C12H16Cl2N2O2S/c1-7(2)5-19(18)6-11(17)16-12-9(13)3-8(15)4-10(12)14/h3-4,7H,5-6,15H2,1-2H3,(H,16,17). The highest BCUT2D eigenvalue weighted by Crippen LogP contribution is 2.32. The molecule has 1 amide bonds. The Morgan fingerprint density at radius 1 is 1.37 bits per heavy atom. The number of amides is 1. The van der Waals surface area contributed by atoms with Crippen LogP contribution < -0.4 is 11.1 Å². The molecule has 1 unspecified atom stereocenters. The predicted octanol–water partition coefficient (Wildman–Crippen LogP) is 2.92. The molecule has 7 heteroatoms. The topological polar surface area (TPSA) is 72.2 Å². The molecule has 0 heterocycles. The zero-order chi connectivity index (χ0) is 14.6. The van der Waals surface area contributed by atoms with E-state index in [4.69, 9.17) is 28.9 Å². The Morgan fingerprint density at radius 3 is 2.37 bits per heavy atom. The summed E-state index contributed by atoms with van der Waals surface area (Å²) < 4.78 is 11.6. The second-order valence-electron chi connectivity index (χ2n) is 4.55. The number of hydrogen-bond acceptors (Lipinski definition) is 3. The molecule has 0 spiro atoms. The van der Waals surface area contributed by atoms with E-state index in [1.54, 1.807) is 0 Å². The molecule has 0 aliphatic heterocycles. The molecule has 0 fully saturated rings. The van der Waals surface area contributed by atoms with Crippen molar-refractivity contribution in [3.05, 3.63) is 22.2 Å². The van der Waals surface area contributed by atoms with E-state index in [1.165, 1.54) is 12.1 Å². The minimum atomic E-state index is -1.19. The third-order valence-electron chi connectivity index (χ3n) is 2.14. The Labute approximate surface area is 125 Å². The van der Waals surface area contributed by atoms with Crippen LogP contribution in [0, 0.1) is 5.92 Å². The number of hydrogen-bond donors (Lipinski definition) is 2. The van der Waals surface area contributed by atoms with Gasteiger partial charge in [-0.2, -0.15) is 0 Å². The van der Waals surface area contributed by atoms with Gasteiger partial charge in [-0.1, -0.05) is 37.0 Å². The number of nitrogens with two attached hydrogens (primary N) is 1. The lowest BCUT2D eigenvalue weighted by Crippen LogP contribution is -2.22. The van der Waals surface area contributed by atoms with E-state index in [9.17, 15) is 9.00 Å². The molecular formula is C12H16Cl2N2O2S. The van der Waals surface area contributed by atoms with E-state index >= 15 is 0 Å². The van der Waals surface area contributed by atoms with E-state index < -0.39 is 10.8 Å². The van der Waals surface area contributed by atoms with Crippen LogP contribution in [-0.2, 0) is 15.6 Å². The lowest BCUT2D eigenvalue weighted by atomic mass is 10.3. The van der Waals surface area contributed by atoms with Crippen LogP contribution in [0.3, 0.4) is 0 Å². The van der Waals surface area contributed by atoms with Gasteiger partial charge >= 0.3 is 0 Å². The number of benzene rings is 1. The van der Waals surface area contributed by atoms with Crippen LogP contribution >= 0.6 is 23.2 Å². The lowest BCUT2D eigenvalue weighted by Gasteiger charge is -2.10. The third-order valence-corrected chi connectivity index (χ3v) is 4.36.